The molecule has 0 radical (unpaired) electrons. The highest BCUT2D eigenvalue weighted by Crippen LogP contribution is 2.45. The van der Waals surface area contributed by atoms with Gasteiger partial charge in [-0.15, -0.1) is 0 Å². The number of anilines is 1. The van der Waals surface area contributed by atoms with Gasteiger partial charge < -0.3 is 10.3 Å². The van der Waals surface area contributed by atoms with E-state index >= 15 is 0 Å². The van der Waals surface area contributed by atoms with Crippen LogP contribution in [0.25, 0.3) is 11.2 Å². The topological polar surface area (TPSA) is 84.7 Å². The lowest BCUT2D eigenvalue weighted by Crippen LogP contribution is -2.36. The number of H-pyrrole nitrogens is 1. The molecule has 7 nitrogen and oxygen atoms in total. The second kappa shape index (κ2) is 4.22. The summed E-state index contributed by atoms with van der Waals surface area (Å²) in [5, 5.41) is 3.46. The first-order valence-corrected chi connectivity index (χ1v) is 7.48. The first-order chi connectivity index (χ1) is 10.1. The standard InChI is InChI=1S/C14H19N5O2/c1-18-11-10(12(20)19(2)14(18)21)16-13(17-11)15-9(7-3-4-7)8-5-6-8/h7-9H,3-6H2,1-2H3,(H2,15,16,17). The van der Waals surface area contributed by atoms with Gasteiger partial charge in [0.05, 0.1) is 0 Å². The molecule has 0 amide bonds. The Morgan fingerprint density at radius 1 is 1.14 bits per heavy atom. The Morgan fingerprint density at radius 2 is 1.76 bits per heavy atom. The van der Waals surface area contributed by atoms with Gasteiger partial charge in [-0.25, -0.2) is 4.79 Å². The Bertz CT molecular complexity index is 810. The monoisotopic (exact) mass is 289 g/mol. The van der Waals surface area contributed by atoms with Crippen molar-refractivity contribution in [2.24, 2.45) is 25.9 Å². The Balaban J connectivity index is 1.76. The molecule has 4 rings (SSSR count). The highest BCUT2D eigenvalue weighted by Gasteiger charge is 2.41. The van der Waals surface area contributed by atoms with Crippen LogP contribution in [0.4, 0.5) is 5.95 Å². The first-order valence-electron chi connectivity index (χ1n) is 7.48. The summed E-state index contributed by atoms with van der Waals surface area (Å²) >= 11 is 0. The number of nitrogens with one attached hydrogen (secondary N) is 2. The van der Waals surface area contributed by atoms with Crippen LogP contribution in [0.5, 0.6) is 0 Å². The largest absolute Gasteiger partial charge is 0.352 e. The van der Waals surface area contributed by atoms with E-state index in [1.54, 1.807) is 7.05 Å². The molecule has 2 heterocycles. The van der Waals surface area contributed by atoms with Crippen molar-refractivity contribution in [1.29, 1.82) is 0 Å². The molecule has 0 aliphatic heterocycles. The predicted octanol–water partition coefficient (Wildman–Crippen LogP) is 0.561. The van der Waals surface area contributed by atoms with Gasteiger partial charge >= 0.3 is 5.69 Å². The Kier molecular flexibility index (Phi) is 2.55. The number of aryl methyl sites for hydroxylation is 1. The summed E-state index contributed by atoms with van der Waals surface area (Å²) in [6, 6.07) is 0.450. The van der Waals surface area contributed by atoms with Crippen LogP contribution in [0, 0.1) is 11.8 Å². The fraction of sp³-hybridized carbons (Fsp3) is 0.643. The number of nitrogens with zero attached hydrogens (tertiary/aromatic N) is 3. The second-order valence-corrected chi connectivity index (χ2v) is 6.33. The summed E-state index contributed by atoms with van der Waals surface area (Å²) in [6.07, 6.45) is 5.09. The van der Waals surface area contributed by atoms with Crippen molar-refractivity contribution < 1.29 is 0 Å². The third kappa shape index (κ3) is 1.99. The molecule has 2 aromatic heterocycles. The molecule has 0 spiro atoms. The van der Waals surface area contributed by atoms with Gasteiger partial charge in [-0.3, -0.25) is 13.9 Å². The van der Waals surface area contributed by atoms with Crippen molar-refractivity contribution in [3.63, 3.8) is 0 Å². The second-order valence-electron chi connectivity index (χ2n) is 6.33. The van der Waals surface area contributed by atoms with Gasteiger partial charge in [0.15, 0.2) is 11.2 Å². The van der Waals surface area contributed by atoms with Gasteiger partial charge in [-0.1, -0.05) is 0 Å². The summed E-state index contributed by atoms with van der Waals surface area (Å²) in [4.78, 5) is 31.5. The average molecular weight is 289 g/mol. The number of hydrogen-bond donors (Lipinski definition) is 2. The maximum Gasteiger partial charge on any atom is 0.332 e. The molecule has 0 bridgehead atoms. The van der Waals surface area contributed by atoms with Crippen LogP contribution in [-0.4, -0.2) is 25.1 Å². The number of aromatic amines is 1. The van der Waals surface area contributed by atoms with Crippen LogP contribution in [-0.2, 0) is 14.1 Å². The minimum Gasteiger partial charge on any atom is -0.352 e. The predicted molar refractivity (Wildman–Crippen MR) is 79.4 cm³/mol. The average Bonchev–Trinajstić information content (AvgIpc) is 3.38. The van der Waals surface area contributed by atoms with Crippen molar-refractivity contribution in [1.82, 2.24) is 19.1 Å². The van der Waals surface area contributed by atoms with Crippen LogP contribution >= 0.6 is 0 Å². The molecule has 0 saturated heterocycles. The van der Waals surface area contributed by atoms with Crippen molar-refractivity contribution in [2.45, 2.75) is 31.7 Å². The fourth-order valence-electron chi connectivity index (χ4n) is 3.08. The molecule has 7 heteroatoms. The normalized spacial score (nSPS) is 18.6. The van der Waals surface area contributed by atoms with Crippen molar-refractivity contribution in [3.05, 3.63) is 20.8 Å². The van der Waals surface area contributed by atoms with E-state index in [0.717, 1.165) is 16.4 Å². The maximum absolute atomic E-state index is 12.1. The molecule has 0 unspecified atom stereocenters. The van der Waals surface area contributed by atoms with Gasteiger partial charge in [-0.2, -0.15) is 4.98 Å². The van der Waals surface area contributed by atoms with Crippen molar-refractivity contribution in [2.75, 3.05) is 5.32 Å². The summed E-state index contributed by atoms with van der Waals surface area (Å²) in [6.45, 7) is 0. The first kappa shape index (κ1) is 12.7. The van der Waals surface area contributed by atoms with E-state index < -0.39 is 0 Å². The fourth-order valence-corrected chi connectivity index (χ4v) is 3.08. The van der Waals surface area contributed by atoms with Crippen LogP contribution in [0.2, 0.25) is 0 Å². The third-order valence-electron chi connectivity index (χ3n) is 4.66. The third-order valence-corrected chi connectivity index (χ3v) is 4.66. The zero-order valence-corrected chi connectivity index (χ0v) is 12.2. The molecule has 21 heavy (non-hydrogen) atoms. The number of imidazole rings is 1. The molecule has 2 saturated carbocycles. The van der Waals surface area contributed by atoms with Crippen LogP contribution in [0.1, 0.15) is 25.7 Å². The van der Waals surface area contributed by atoms with Gasteiger partial charge in [0.25, 0.3) is 5.56 Å². The van der Waals surface area contributed by atoms with E-state index in [2.05, 4.69) is 15.3 Å². The Hall–Kier alpha value is -2.05. The molecule has 0 aromatic carbocycles. The quantitative estimate of drug-likeness (QED) is 0.861. The van der Waals surface area contributed by atoms with E-state index in [0.29, 0.717) is 23.2 Å². The van der Waals surface area contributed by atoms with E-state index in [-0.39, 0.29) is 11.2 Å². The zero-order chi connectivity index (χ0) is 14.7. The maximum atomic E-state index is 12.1. The lowest BCUT2D eigenvalue weighted by molar-refractivity contribution is 0.564. The van der Waals surface area contributed by atoms with Crippen molar-refractivity contribution >= 4 is 17.1 Å². The molecular weight excluding hydrogens is 270 g/mol. The molecule has 0 atom stereocenters. The number of fused-ring (bicyclic) bond motifs is 1. The minimum atomic E-state index is -0.355. The summed E-state index contributed by atoms with van der Waals surface area (Å²) in [5.74, 6) is 2.07. The van der Waals surface area contributed by atoms with E-state index in [4.69, 9.17) is 0 Å². The van der Waals surface area contributed by atoms with Gasteiger partial charge in [0, 0.05) is 20.1 Å². The molecule has 2 aromatic rings. The molecular formula is C14H19N5O2. The van der Waals surface area contributed by atoms with E-state index in [9.17, 15) is 9.59 Å². The highest BCUT2D eigenvalue weighted by atomic mass is 16.2. The van der Waals surface area contributed by atoms with E-state index in [1.807, 2.05) is 0 Å². The smallest absolute Gasteiger partial charge is 0.332 e. The minimum absolute atomic E-state index is 0.331. The van der Waals surface area contributed by atoms with Crippen LogP contribution < -0.4 is 16.6 Å². The molecule has 2 aliphatic carbocycles. The molecule has 2 fully saturated rings. The van der Waals surface area contributed by atoms with E-state index in [1.165, 1.54) is 37.3 Å². The van der Waals surface area contributed by atoms with Gasteiger partial charge in [-0.05, 0) is 37.5 Å². The number of rotatable bonds is 4. The SMILES string of the molecule is Cn1c(=O)c2[nH]c(NC(C3CC3)C3CC3)nc2n(C)c1=O. The highest BCUT2D eigenvalue weighted by molar-refractivity contribution is 5.72. The molecule has 2 aliphatic rings. The molecule has 112 valence electrons. The lowest BCUT2D eigenvalue weighted by Gasteiger charge is -2.16. The lowest BCUT2D eigenvalue weighted by atomic mass is 10.1. The van der Waals surface area contributed by atoms with Crippen LogP contribution in [0.15, 0.2) is 9.59 Å². The number of hydrogen-bond acceptors (Lipinski definition) is 4. The summed E-state index contributed by atoms with van der Waals surface area (Å²) < 4.78 is 2.51. The van der Waals surface area contributed by atoms with Gasteiger partial charge in [0.1, 0.15) is 0 Å². The zero-order valence-electron chi connectivity index (χ0n) is 12.2. The van der Waals surface area contributed by atoms with Crippen molar-refractivity contribution in [3.8, 4) is 0 Å². The summed E-state index contributed by atoms with van der Waals surface area (Å²) in [7, 11) is 3.11. The summed E-state index contributed by atoms with van der Waals surface area (Å²) in [5.41, 5.74) is 0.109. The van der Waals surface area contributed by atoms with Gasteiger partial charge in [0.2, 0.25) is 5.95 Å². The number of aromatic nitrogens is 4. The van der Waals surface area contributed by atoms with Crippen LogP contribution in [0.3, 0.4) is 0 Å². The molecule has 2 N–H and O–H groups in total. The Labute approximate surface area is 121 Å². The Morgan fingerprint density at radius 3 is 2.33 bits per heavy atom.